The molecule has 1 aromatic carbocycles. The van der Waals surface area contributed by atoms with Gasteiger partial charge < -0.3 is 4.74 Å². The number of nitrogens with zero attached hydrogens (tertiary/aromatic N) is 3. The van der Waals surface area contributed by atoms with Crippen LogP contribution in [0.3, 0.4) is 0 Å². The zero-order valence-corrected chi connectivity index (χ0v) is 11.8. The molecule has 0 radical (unpaired) electrons. The van der Waals surface area contributed by atoms with Crippen molar-refractivity contribution >= 4 is 0 Å². The molecule has 0 saturated carbocycles. The number of alkyl halides is 3. The number of hydrogen-bond acceptors (Lipinski definition) is 3. The molecule has 0 amide bonds. The first-order chi connectivity index (χ1) is 11.3. The Balaban J connectivity index is 2.06. The van der Waals surface area contributed by atoms with Crippen molar-refractivity contribution in [1.29, 1.82) is 0 Å². The Labute approximate surface area is 132 Å². The zero-order chi connectivity index (χ0) is 17.3. The maximum atomic E-state index is 13.6. The first-order valence-electron chi connectivity index (χ1n) is 6.53. The number of rotatable bonds is 3. The summed E-state index contributed by atoms with van der Waals surface area (Å²) in [6.07, 6.45) is -1.30. The minimum Gasteiger partial charge on any atom is -0.406 e. The third-order valence-corrected chi connectivity index (χ3v) is 2.98. The summed E-state index contributed by atoms with van der Waals surface area (Å²) in [5, 5.41) is 3.96. The number of ether oxygens (including phenoxy) is 1. The van der Waals surface area contributed by atoms with E-state index in [0.717, 1.165) is 24.4 Å². The summed E-state index contributed by atoms with van der Waals surface area (Å²) in [5.41, 5.74) is 0.558. The van der Waals surface area contributed by atoms with Crippen LogP contribution in [0.15, 0.2) is 48.9 Å². The minimum atomic E-state index is -4.95. The molecule has 0 fully saturated rings. The molecule has 0 N–H and O–H groups in total. The van der Waals surface area contributed by atoms with Crippen LogP contribution in [0, 0.1) is 11.6 Å². The number of pyridine rings is 1. The van der Waals surface area contributed by atoms with Crippen molar-refractivity contribution in [2.45, 2.75) is 6.36 Å². The van der Waals surface area contributed by atoms with Crippen molar-refractivity contribution in [2.24, 2.45) is 0 Å². The Morgan fingerprint density at radius 3 is 2.46 bits per heavy atom. The molecule has 0 saturated heterocycles. The van der Waals surface area contributed by atoms with E-state index in [9.17, 15) is 22.0 Å². The van der Waals surface area contributed by atoms with E-state index in [1.807, 2.05) is 0 Å². The molecule has 0 atom stereocenters. The molecule has 124 valence electrons. The van der Waals surface area contributed by atoms with Gasteiger partial charge in [-0.1, -0.05) is 0 Å². The van der Waals surface area contributed by atoms with Crippen molar-refractivity contribution in [3.05, 3.63) is 60.6 Å². The monoisotopic (exact) mass is 341 g/mol. The van der Waals surface area contributed by atoms with Crippen LogP contribution in [0.2, 0.25) is 0 Å². The van der Waals surface area contributed by atoms with Crippen molar-refractivity contribution in [3.63, 3.8) is 0 Å². The van der Waals surface area contributed by atoms with Gasteiger partial charge in [-0.05, 0) is 18.2 Å². The van der Waals surface area contributed by atoms with E-state index in [2.05, 4.69) is 14.8 Å². The zero-order valence-electron chi connectivity index (χ0n) is 11.8. The molecule has 0 bridgehead atoms. The van der Waals surface area contributed by atoms with Crippen molar-refractivity contribution < 1.29 is 26.7 Å². The molecule has 3 aromatic rings. The molecule has 24 heavy (non-hydrogen) atoms. The summed E-state index contributed by atoms with van der Waals surface area (Å²) in [7, 11) is 0. The molecule has 4 nitrogen and oxygen atoms in total. The highest BCUT2D eigenvalue weighted by Crippen LogP contribution is 2.30. The Bertz CT molecular complexity index is 876. The topological polar surface area (TPSA) is 39.9 Å². The molecule has 0 unspecified atom stereocenters. The highest BCUT2D eigenvalue weighted by molar-refractivity contribution is 5.63. The van der Waals surface area contributed by atoms with Crippen molar-refractivity contribution in [2.75, 3.05) is 0 Å². The van der Waals surface area contributed by atoms with Gasteiger partial charge in [0.15, 0.2) is 0 Å². The number of hydrogen-bond donors (Lipinski definition) is 0. The van der Waals surface area contributed by atoms with Gasteiger partial charge >= 0.3 is 6.36 Å². The number of halogens is 5. The van der Waals surface area contributed by atoms with E-state index in [1.165, 1.54) is 23.1 Å². The van der Waals surface area contributed by atoms with Gasteiger partial charge in [-0.2, -0.15) is 5.10 Å². The van der Waals surface area contributed by atoms with Crippen LogP contribution in [0.5, 0.6) is 5.75 Å². The standard InChI is InChI=1S/C15H8F5N3O/c16-10-3-9(4-13(6-10)24-15(18,19)20)14-1-2-22-23(14)12-5-11(17)7-21-8-12/h1-8H. The molecule has 2 aromatic heterocycles. The predicted molar refractivity (Wildman–Crippen MR) is 73.4 cm³/mol. The second-order valence-electron chi connectivity index (χ2n) is 4.71. The first kappa shape index (κ1) is 15.9. The Morgan fingerprint density at radius 2 is 1.75 bits per heavy atom. The smallest absolute Gasteiger partial charge is 0.406 e. The van der Waals surface area contributed by atoms with Crippen LogP contribution >= 0.6 is 0 Å². The van der Waals surface area contributed by atoms with Crippen molar-refractivity contribution in [1.82, 2.24) is 14.8 Å². The molecular weight excluding hydrogens is 333 g/mol. The average molecular weight is 341 g/mol. The summed E-state index contributed by atoms with van der Waals surface area (Å²) in [6, 6.07) is 5.22. The van der Waals surface area contributed by atoms with Gasteiger partial charge in [-0.3, -0.25) is 4.98 Å². The predicted octanol–water partition coefficient (Wildman–Crippen LogP) is 4.11. The van der Waals surface area contributed by atoms with E-state index >= 15 is 0 Å². The van der Waals surface area contributed by atoms with Gasteiger partial charge in [0.25, 0.3) is 0 Å². The Kier molecular flexibility index (Phi) is 3.92. The molecule has 0 spiro atoms. The maximum Gasteiger partial charge on any atom is 0.573 e. The Hall–Kier alpha value is -2.97. The van der Waals surface area contributed by atoms with Gasteiger partial charge in [0.1, 0.15) is 17.4 Å². The second kappa shape index (κ2) is 5.91. The lowest BCUT2D eigenvalue weighted by molar-refractivity contribution is -0.274. The fourth-order valence-electron chi connectivity index (χ4n) is 2.15. The summed E-state index contributed by atoms with van der Waals surface area (Å²) < 4.78 is 68.9. The lowest BCUT2D eigenvalue weighted by atomic mass is 10.1. The highest BCUT2D eigenvalue weighted by Gasteiger charge is 2.31. The van der Waals surface area contributed by atoms with Gasteiger partial charge in [-0.25, -0.2) is 13.5 Å². The molecular formula is C15H8F5N3O. The first-order valence-corrected chi connectivity index (χ1v) is 6.53. The van der Waals surface area contributed by atoms with Crippen LogP contribution in [0.1, 0.15) is 0 Å². The van der Waals surface area contributed by atoms with Gasteiger partial charge in [0.2, 0.25) is 0 Å². The van der Waals surface area contributed by atoms with Gasteiger partial charge in [0.05, 0.1) is 30.0 Å². The van der Waals surface area contributed by atoms with E-state index in [0.29, 0.717) is 6.07 Å². The molecule has 2 heterocycles. The second-order valence-corrected chi connectivity index (χ2v) is 4.71. The molecule has 0 aliphatic carbocycles. The lowest BCUT2D eigenvalue weighted by Gasteiger charge is -2.12. The normalized spacial score (nSPS) is 11.5. The van der Waals surface area contributed by atoms with E-state index < -0.39 is 23.7 Å². The summed E-state index contributed by atoms with van der Waals surface area (Å²) in [4.78, 5) is 3.68. The van der Waals surface area contributed by atoms with E-state index in [4.69, 9.17) is 0 Å². The SMILES string of the molecule is Fc1cc(OC(F)(F)F)cc(-c2ccnn2-c2cncc(F)c2)c1. The third-order valence-electron chi connectivity index (χ3n) is 2.98. The van der Waals surface area contributed by atoms with Crippen LogP contribution in [0.25, 0.3) is 16.9 Å². The van der Waals surface area contributed by atoms with Gasteiger partial charge in [0, 0.05) is 17.7 Å². The molecule has 9 heteroatoms. The van der Waals surface area contributed by atoms with Crippen LogP contribution < -0.4 is 4.74 Å². The van der Waals surface area contributed by atoms with Crippen LogP contribution in [-0.2, 0) is 0 Å². The minimum absolute atomic E-state index is 0.0796. The highest BCUT2D eigenvalue weighted by atomic mass is 19.4. The van der Waals surface area contributed by atoms with Crippen LogP contribution in [-0.4, -0.2) is 21.1 Å². The van der Waals surface area contributed by atoms with E-state index in [-0.39, 0.29) is 16.9 Å². The summed E-state index contributed by atoms with van der Waals surface area (Å²) in [6.45, 7) is 0. The summed E-state index contributed by atoms with van der Waals surface area (Å²) in [5.74, 6) is -2.24. The fourth-order valence-corrected chi connectivity index (χ4v) is 2.15. The largest absolute Gasteiger partial charge is 0.573 e. The fraction of sp³-hybridized carbons (Fsp3) is 0.0667. The third kappa shape index (κ3) is 3.50. The molecule has 3 rings (SSSR count). The quantitative estimate of drug-likeness (QED) is 0.673. The molecule has 0 aliphatic rings. The van der Waals surface area contributed by atoms with Crippen LogP contribution in [0.4, 0.5) is 22.0 Å². The average Bonchev–Trinajstić information content (AvgIpc) is 2.94. The maximum absolute atomic E-state index is 13.6. The summed E-state index contributed by atoms with van der Waals surface area (Å²) >= 11 is 0. The lowest BCUT2D eigenvalue weighted by Crippen LogP contribution is -2.17. The van der Waals surface area contributed by atoms with E-state index in [1.54, 1.807) is 0 Å². The van der Waals surface area contributed by atoms with Gasteiger partial charge in [-0.15, -0.1) is 13.2 Å². The number of benzene rings is 1. The molecule has 0 aliphatic heterocycles. The Morgan fingerprint density at radius 1 is 0.958 bits per heavy atom. The number of aromatic nitrogens is 3. The van der Waals surface area contributed by atoms with Crippen molar-refractivity contribution in [3.8, 4) is 22.7 Å².